The highest BCUT2D eigenvalue weighted by Crippen LogP contribution is 2.16. The standard InChI is InChI=1S/C24H33N5O/c1-25-24(29-13-11-28(12-14-29)23-5-3-2-4-6-23)26-19-21-7-9-22(10-8-21)20-27-15-17-30-18-16-27/h2-10H,11-20H2,1H3,(H,25,26). The molecule has 0 aliphatic carbocycles. The molecule has 1 N–H and O–H groups in total. The average molecular weight is 408 g/mol. The first-order chi connectivity index (χ1) is 14.8. The van der Waals surface area contributed by atoms with E-state index in [1.807, 2.05) is 7.05 Å². The molecule has 2 aromatic carbocycles. The molecule has 0 radical (unpaired) electrons. The number of rotatable bonds is 5. The van der Waals surface area contributed by atoms with E-state index in [2.05, 4.69) is 79.6 Å². The number of para-hydroxylation sites is 1. The molecule has 0 bridgehead atoms. The van der Waals surface area contributed by atoms with Gasteiger partial charge in [0.05, 0.1) is 13.2 Å². The fraction of sp³-hybridized carbons (Fsp3) is 0.458. The summed E-state index contributed by atoms with van der Waals surface area (Å²) < 4.78 is 5.43. The van der Waals surface area contributed by atoms with Crippen molar-refractivity contribution < 1.29 is 4.74 Å². The summed E-state index contributed by atoms with van der Waals surface area (Å²) in [5.74, 6) is 0.986. The van der Waals surface area contributed by atoms with Gasteiger partial charge in [-0.15, -0.1) is 0 Å². The molecular formula is C24H33N5O. The van der Waals surface area contributed by atoms with Gasteiger partial charge in [0, 0.05) is 65.1 Å². The summed E-state index contributed by atoms with van der Waals surface area (Å²) in [5, 5.41) is 3.54. The van der Waals surface area contributed by atoms with Crippen molar-refractivity contribution in [1.29, 1.82) is 0 Å². The minimum absolute atomic E-state index is 0.795. The van der Waals surface area contributed by atoms with E-state index in [4.69, 9.17) is 4.74 Å². The number of hydrogen-bond acceptors (Lipinski definition) is 4. The number of aliphatic imine (C=N–C) groups is 1. The molecule has 30 heavy (non-hydrogen) atoms. The molecule has 160 valence electrons. The zero-order valence-electron chi connectivity index (χ0n) is 18.0. The highest BCUT2D eigenvalue weighted by molar-refractivity contribution is 5.80. The molecular weight excluding hydrogens is 374 g/mol. The van der Waals surface area contributed by atoms with Crippen molar-refractivity contribution in [3.8, 4) is 0 Å². The number of morpholine rings is 1. The third-order valence-electron chi connectivity index (χ3n) is 5.90. The lowest BCUT2D eigenvalue weighted by atomic mass is 10.1. The zero-order valence-corrected chi connectivity index (χ0v) is 18.0. The van der Waals surface area contributed by atoms with Crippen LogP contribution in [0.25, 0.3) is 0 Å². The summed E-state index contributed by atoms with van der Waals surface area (Å²) in [6, 6.07) is 19.6. The third kappa shape index (κ3) is 5.52. The number of ether oxygens (including phenoxy) is 1. The van der Waals surface area contributed by atoms with Crippen molar-refractivity contribution in [2.45, 2.75) is 13.1 Å². The van der Waals surface area contributed by atoms with Crippen LogP contribution in [-0.4, -0.2) is 75.3 Å². The molecule has 2 saturated heterocycles. The molecule has 6 nitrogen and oxygen atoms in total. The number of piperazine rings is 1. The fourth-order valence-corrected chi connectivity index (χ4v) is 4.11. The van der Waals surface area contributed by atoms with E-state index in [1.165, 1.54) is 16.8 Å². The molecule has 0 saturated carbocycles. The van der Waals surface area contributed by atoms with Crippen LogP contribution in [0.15, 0.2) is 59.6 Å². The number of nitrogens with zero attached hydrogens (tertiary/aromatic N) is 4. The van der Waals surface area contributed by atoms with Gasteiger partial charge in [-0.1, -0.05) is 42.5 Å². The largest absolute Gasteiger partial charge is 0.379 e. The van der Waals surface area contributed by atoms with Crippen LogP contribution in [0.3, 0.4) is 0 Å². The Morgan fingerprint density at radius 3 is 2.20 bits per heavy atom. The maximum Gasteiger partial charge on any atom is 0.194 e. The number of nitrogens with one attached hydrogen (secondary N) is 1. The van der Waals surface area contributed by atoms with Crippen LogP contribution in [0, 0.1) is 0 Å². The quantitative estimate of drug-likeness (QED) is 0.609. The Bertz CT molecular complexity index is 794. The first-order valence-corrected chi connectivity index (χ1v) is 11.0. The van der Waals surface area contributed by atoms with E-state index < -0.39 is 0 Å². The van der Waals surface area contributed by atoms with Gasteiger partial charge in [-0.05, 0) is 23.3 Å². The van der Waals surface area contributed by atoms with E-state index in [0.29, 0.717) is 0 Å². The number of benzene rings is 2. The number of anilines is 1. The number of hydrogen-bond donors (Lipinski definition) is 1. The van der Waals surface area contributed by atoms with Crippen molar-refractivity contribution in [3.05, 3.63) is 65.7 Å². The minimum atomic E-state index is 0.795. The van der Waals surface area contributed by atoms with Gasteiger partial charge >= 0.3 is 0 Å². The van der Waals surface area contributed by atoms with E-state index in [-0.39, 0.29) is 0 Å². The molecule has 2 heterocycles. The van der Waals surface area contributed by atoms with Gasteiger partial charge < -0.3 is 19.9 Å². The Hall–Kier alpha value is -2.57. The summed E-state index contributed by atoms with van der Waals surface area (Å²) in [4.78, 5) is 11.8. The summed E-state index contributed by atoms with van der Waals surface area (Å²) >= 11 is 0. The monoisotopic (exact) mass is 407 g/mol. The highest BCUT2D eigenvalue weighted by Gasteiger charge is 2.19. The lowest BCUT2D eigenvalue weighted by Gasteiger charge is -2.37. The van der Waals surface area contributed by atoms with Crippen LogP contribution in [0.4, 0.5) is 5.69 Å². The normalized spacial score (nSPS) is 18.5. The van der Waals surface area contributed by atoms with Gasteiger partial charge in [0.25, 0.3) is 0 Å². The molecule has 6 heteroatoms. The lowest BCUT2D eigenvalue weighted by molar-refractivity contribution is 0.0342. The van der Waals surface area contributed by atoms with Crippen molar-refractivity contribution in [3.63, 3.8) is 0 Å². The average Bonchev–Trinajstić information content (AvgIpc) is 2.82. The summed E-state index contributed by atoms with van der Waals surface area (Å²) in [7, 11) is 1.87. The Kier molecular flexibility index (Phi) is 7.21. The molecule has 0 atom stereocenters. The molecule has 4 rings (SSSR count). The predicted molar refractivity (Wildman–Crippen MR) is 123 cm³/mol. The Labute approximate surface area is 180 Å². The molecule has 2 aliphatic rings. The maximum atomic E-state index is 5.43. The van der Waals surface area contributed by atoms with Gasteiger partial charge in [0.15, 0.2) is 5.96 Å². The van der Waals surface area contributed by atoms with E-state index in [1.54, 1.807) is 0 Å². The molecule has 2 aromatic rings. The summed E-state index contributed by atoms with van der Waals surface area (Å²) in [5.41, 5.74) is 3.95. The smallest absolute Gasteiger partial charge is 0.194 e. The van der Waals surface area contributed by atoms with Gasteiger partial charge in [0.2, 0.25) is 0 Å². The zero-order chi connectivity index (χ0) is 20.6. The summed E-state index contributed by atoms with van der Waals surface area (Å²) in [6.45, 7) is 9.53. The first kappa shape index (κ1) is 20.7. The Morgan fingerprint density at radius 1 is 0.867 bits per heavy atom. The van der Waals surface area contributed by atoms with Gasteiger partial charge in [-0.3, -0.25) is 9.89 Å². The predicted octanol–water partition coefficient (Wildman–Crippen LogP) is 2.42. The second-order valence-electron chi connectivity index (χ2n) is 7.92. The molecule has 0 amide bonds. The molecule has 0 aromatic heterocycles. The van der Waals surface area contributed by atoms with E-state index in [0.717, 1.165) is 71.5 Å². The molecule has 2 fully saturated rings. The fourth-order valence-electron chi connectivity index (χ4n) is 4.11. The topological polar surface area (TPSA) is 43.3 Å². The lowest BCUT2D eigenvalue weighted by Crippen LogP contribution is -2.52. The van der Waals surface area contributed by atoms with Gasteiger partial charge in [-0.25, -0.2) is 0 Å². The van der Waals surface area contributed by atoms with Crippen LogP contribution in [0.2, 0.25) is 0 Å². The Morgan fingerprint density at radius 2 is 1.53 bits per heavy atom. The maximum absolute atomic E-state index is 5.43. The van der Waals surface area contributed by atoms with Crippen molar-refractivity contribution >= 4 is 11.6 Å². The second-order valence-corrected chi connectivity index (χ2v) is 7.92. The van der Waals surface area contributed by atoms with Crippen LogP contribution in [0.5, 0.6) is 0 Å². The van der Waals surface area contributed by atoms with Crippen LogP contribution in [-0.2, 0) is 17.8 Å². The van der Waals surface area contributed by atoms with Gasteiger partial charge in [-0.2, -0.15) is 0 Å². The third-order valence-corrected chi connectivity index (χ3v) is 5.90. The van der Waals surface area contributed by atoms with Crippen LogP contribution in [0.1, 0.15) is 11.1 Å². The van der Waals surface area contributed by atoms with E-state index in [9.17, 15) is 0 Å². The molecule has 0 spiro atoms. The van der Waals surface area contributed by atoms with Crippen molar-refractivity contribution in [2.75, 3.05) is 64.4 Å². The van der Waals surface area contributed by atoms with E-state index >= 15 is 0 Å². The minimum Gasteiger partial charge on any atom is -0.379 e. The summed E-state index contributed by atoms with van der Waals surface area (Å²) in [6.07, 6.45) is 0. The molecule has 0 unspecified atom stereocenters. The van der Waals surface area contributed by atoms with Crippen molar-refractivity contribution in [1.82, 2.24) is 15.1 Å². The SMILES string of the molecule is CN=C(NCc1ccc(CN2CCOCC2)cc1)N1CCN(c2ccccc2)CC1. The first-order valence-electron chi connectivity index (χ1n) is 11.0. The highest BCUT2D eigenvalue weighted by atomic mass is 16.5. The van der Waals surface area contributed by atoms with Crippen molar-refractivity contribution in [2.24, 2.45) is 4.99 Å². The number of guanidine groups is 1. The second kappa shape index (κ2) is 10.5. The molecule has 2 aliphatic heterocycles. The van der Waals surface area contributed by atoms with Crippen LogP contribution >= 0.6 is 0 Å². The van der Waals surface area contributed by atoms with Crippen LogP contribution < -0.4 is 10.2 Å². The van der Waals surface area contributed by atoms with Gasteiger partial charge in [0.1, 0.15) is 0 Å². The Balaban J connectivity index is 1.24.